The van der Waals surface area contributed by atoms with E-state index in [2.05, 4.69) is 38.2 Å². The van der Waals surface area contributed by atoms with Crippen molar-refractivity contribution in [2.24, 2.45) is 0 Å². The molecule has 0 aliphatic carbocycles. The molecule has 294 valence electrons. The molecule has 0 amide bonds. The fourth-order valence-electron chi connectivity index (χ4n) is 6.32. The summed E-state index contributed by atoms with van der Waals surface area (Å²) in [6, 6.07) is 0. The number of unbranched alkanes of at least 4 members (excludes halogenated alkanes) is 22. The molecular weight excluding hydrogens is 620 g/mol. The molecule has 2 atom stereocenters. The van der Waals surface area contributed by atoms with Gasteiger partial charge in [-0.2, -0.15) is 0 Å². The first-order valence-electron chi connectivity index (χ1n) is 21.3. The van der Waals surface area contributed by atoms with Gasteiger partial charge in [-0.05, 0) is 92.4 Å². The second kappa shape index (κ2) is 37.1. The fourth-order valence-corrected chi connectivity index (χ4v) is 6.32. The molecule has 0 fully saturated rings. The topological polar surface area (TPSA) is 59.1 Å². The number of nitrogens with zero attached hydrogens (tertiary/aromatic N) is 2. The van der Waals surface area contributed by atoms with E-state index < -0.39 is 12.2 Å². The molecule has 6 heteroatoms. The van der Waals surface area contributed by atoms with Crippen molar-refractivity contribution in [3.63, 3.8) is 0 Å². The van der Waals surface area contributed by atoms with Gasteiger partial charge in [0.25, 0.3) is 0 Å². The lowest BCUT2D eigenvalue weighted by molar-refractivity contribution is -0.170. The SMILES string of the molecule is CCCCCCCCC=CCCCCCCCC(=O)OC(CN(C)C)C(CN(C)C)OC(=O)CCCCCCCC=CCCCCCCCC. The van der Waals surface area contributed by atoms with Crippen molar-refractivity contribution in [3.8, 4) is 0 Å². The van der Waals surface area contributed by atoms with E-state index >= 15 is 0 Å². The van der Waals surface area contributed by atoms with Crippen LogP contribution in [-0.2, 0) is 19.1 Å². The first-order chi connectivity index (χ1) is 24.3. The third-order valence-corrected chi connectivity index (χ3v) is 9.36. The van der Waals surface area contributed by atoms with E-state index in [1.165, 1.54) is 116 Å². The number of allylic oxidation sites excluding steroid dienone is 4. The Morgan fingerprint density at radius 3 is 0.960 bits per heavy atom. The van der Waals surface area contributed by atoms with Gasteiger partial charge in [0, 0.05) is 25.9 Å². The van der Waals surface area contributed by atoms with E-state index in [-0.39, 0.29) is 11.9 Å². The minimum atomic E-state index is -0.485. The molecule has 0 radical (unpaired) electrons. The van der Waals surface area contributed by atoms with Gasteiger partial charge in [-0.3, -0.25) is 9.59 Å². The number of esters is 2. The number of carbonyl (C=O) groups excluding carboxylic acids is 2. The van der Waals surface area contributed by atoms with Crippen molar-refractivity contribution < 1.29 is 19.1 Å². The summed E-state index contributed by atoms with van der Waals surface area (Å²) in [4.78, 5) is 29.7. The molecule has 0 aromatic carbocycles. The predicted molar refractivity (Wildman–Crippen MR) is 216 cm³/mol. The van der Waals surface area contributed by atoms with E-state index in [4.69, 9.17) is 9.47 Å². The van der Waals surface area contributed by atoms with Crippen LogP contribution in [0.3, 0.4) is 0 Å². The number of hydrogen-bond donors (Lipinski definition) is 0. The molecule has 0 spiro atoms. The van der Waals surface area contributed by atoms with E-state index in [1.54, 1.807) is 0 Å². The lowest BCUT2D eigenvalue weighted by atomic mass is 10.1. The number of rotatable bonds is 37. The predicted octanol–water partition coefficient (Wildman–Crippen LogP) is 12.0. The Morgan fingerprint density at radius 2 is 0.680 bits per heavy atom. The molecule has 0 saturated heterocycles. The van der Waals surface area contributed by atoms with Crippen LogP contribution in [-0.4, -0.2) is 75.2 Å². The minimum absolute atomic E-state index is 0.188. The van der Waals surface area contributed by atoms with Crippen molar-refractivity contribution in [3.05, 3.63) is 24.3 Å². The Balaban J connectivity index is 4.26. The highest BCUT2D eigenvalue weighted by atomic mass is 16.6. The van der Waals surface area contributed by atoms with Crippen LogP contribution in [0.2, 0.25) is 0 Å². The van der Waals surface area contributed by atoms with Gasteiger partial charge in [0.1, 0.15) is 0 Å². The molecule has 0 saturated carbocycles. The van der Waals surface area contributed by atoms with Crippen LogP contribution >= 0.6 is 0 Å². The lowest BCUT2D eigenvalue weighted by Crippen LogP contribution is -2.46. The van der Waals surface area contributed by atoms with Gasteiger partial charge in [-0.25, -0.2) is 0 Å². The van der Waals surface area contributed by atoms with Crippen LogP contribution < -0.4 is 0 Å². The van der Waals surface area contributed by atoms with Crippen molar-refractivity contribution in [2.75, 3.05) is 41.3 Å². The van der Waals surface area contributed by atoms with Crippen molar-refractivity contribution >= 4 is 11.9 Å². The normalized spacial score (nSPS) is 13.2. The molecule has 0 aromatic rings. The van der Waals surface area contributed by atoms with Crippen molar-refractivity contribution in [2.45, 2.75) is 206 Å². The standard InChI is InChI=1S/C44H84N2O4/c1-7-9-11-13-15-17-19-21-23-25-27-29-31-33-35-37-43(47)49-41(39-45(3)4)42(40-46(5)6)50-44(48)38-36-34-32-30-28-26-24-22-20-18-16-14-12-10-8-2/h21-24,41-42H,7-20,25-40H2,1-6H3. The average molecular weight is 705 g/mol. The smallest absolute Gasteiger partial charge is 0.306 e. The van der Waals surface area contributed by atoms with Gasteiger partial charge in [-0.15, -0.1) is 0 Å². The molecule has 50 heavy (non-hydrogen) atoms. The Kier molecular flexibility index (Phi) is 35.9. The van der Waals surface area contributed by atoms with Crippen molar-refractivity contribution in [1.82, 2.24) is 9.80 Å². The zero-order chi connectivity index (χ0) is 36.9. The van der Waals surface area contributed by atoms with Crippen LogP contribution in [0.4, 0.5) is 0 Å². The van der Waals surface area contributed by atoms with E-state index in [1.807, 2.05) is 38.0 Å². The Morgan fingerprint density at radius 1 is 0.420 bits per heavy atom. The summed E-state index contributed by atoms with van der Waals surface area (Å²) in [5.74, 6) is -0.377. The summed E-state index contributed by atoms with van der Waals surface area (Å²) in [7, 11) is 7.85. The van der Waals surface area contributed by atoms with Gasteiger partial charge in [0.05, 0.1) is 0 Å². The maximum atomic E-state index is 12.9. The molecule has 0 bridgehead atoms. The molecule has 0 aromatic heterocycles. The molecule has 0 aliphatic heterocycles. The largest absolute Gasteiger partial charge is 0.457 e. The van der Waals surface area contributed by atoms with E-state index in [0.717, 1.165) is 51.4 Å². The second-order valence-corrected chi connectivity index (χ2v) is 15.2. The molecule has 0 heterocycles. The van der Waals surface area contributed by atoms with Gasteiger partial charge >= 0.3 is 11.9 Å². The first kappa shape index (κ1) is 48.3. The fraction of sp³-hybridized carbons (Fsp3) is 0.864. The summed E-state index contributed by atoms with van der Waals surface area (Å²) in [5.41, 5.74) is 0. The number of ether oxygens (including phenoxy) is 2. The highest BCUT2D eigenvalue weighted by Gasteiger charge is 2.30. The minimum Gasteiger partial charge on any atom is -0.457 e. The zero-order valence-electron chi connectivity index (χ0n) is 34.2. The van der Waals surface area contributed by atoms with E-state index in [0.29, 0.717) is 25.9 Å². The molecule has 2 unspecified atom stereocenters. The maximum Gasteiger partial charge on any atom is 0.306 e. The molecule has 6 nitrogen and oxygen atoms in total. The summed E-state index contributed by atoms with van der Waals surface area (Å²) in [6.07, 6.45) is 41.3. The monoisotopic (exact) mass is 705 g/mol. The lowest BCUT2D eigenvalue weighted by Gasteiger charge is -2.31. The molecule has 0 N–H and O–H groups in total. The van der Waals surface area contributed by atoms with Gasteiger partial charge in [0.2, 0.25) is 0 Å². The number of hydrogen-bond acceptors (Lipinski definition) is 6. The number of carbonyl (C=O) groups is 2. The average Bonchev–Trinajstić information content (AvgIpc) is 3.07. The first-order valence-corrected chi connectivity index (χ1v) is 21.3. The molecule has 0 rings (SSSR count). The Bertz CT molecular complexity index is 744. The summed E-state index contributed by atoms with van der Waals surface area (Å²) in [5, 5.41) is 0. The maximum absolute atomic E-state index is 12.9. The quantitative estimate of drug-likeness (QED) is 0.0364. The van der Waals surface area contributed by atoms with Gasteiger partial charge in [-0.1, -0.05) is 141 Å². The third-order valence-electron chi connectivity index (χ3n) is 9.36. The highest BCUT2D eigenvalue weighted by Crippen LogP contribution is 2.15. The van der Waals surface area contributed by atoms with Crippen LogP contribution in [0.15, 0.2) is 24.3 Å². The second-order valence-electron chi connectivity index (χ2n) is 15.2. The van der Waals surface area contributed by atoms with E-state index in [9.17, 15) is 9.59 Å². The number of likely N-dealkylation sites (N-methyl/N-ethyl adjacent to an activating group) is 2. The van der Waals surface area contributed by atoms with Crippen molar-refractivity contribution in [1.29, 1.82) is 0 Å². The highest BCUT2D eigenvalue weighted by molar-refractivity contribution is 5.70. The van der Waals surface area contributed by atoms with Gasteiger partial charge in [0.15, 0.2) is 12.2 Å². The Hall–Kier alpha value is -1.66. The van der Waals surface area contributed by atoms with Crippen LogP contribution in [0, 0.1) is 0 Å². The Labute approximate surface area is 311 Å². The zero-order valence-corrected chi connectivity index (χ0v) is 34.2. The summed E-state index contributed by atoms with van der Waals surface area (Å²) < 4.78 is 12.0. The summed E-state index contributed by atoms with van der Waals surface area (Å²) in [6.45, 7) is 5.59. The molecule has 0 aliphatic rings. The molecular formula is C44H84N2O4. The van der Waals surface area contributed by atoms with Crippen LogP contribution in [0.1, 0.15) is 194 Å². The van der Waals surface area contributed by atoms with Crippen LogP contribution in [0.5, 0.6) is 0 Å². The van der Waals surface area contributed by atoms with Gasteiger partial charge < -0.3 is 19.3 Å². The summed E-state index contributed by atoms with van der Waals surface area (Å²) >= 11 is 0. The third kappa shape index (κ3) is 34.8. The van der Waals surface area contributed by atoms with Crippen LogP contribution in [0.25, 0.3) is 0 Å².